The number of rotatable bonds is 4. The van der Waals surface area contributed by atoms with Crippen molar-refractivity contribution in [3.05, 3.63) is 42.1 Å². The van der Waals surface area contributed by atoms with Gasteiger partial charge >= 0.3 is 0 Å². The molecular formula is C15H17N3O2. The molecule has 1 aromatic carbocycles. The highest BCUT2D eigenvalue weighted by Gasteiger charge is 2.18. The van der Waals surface area contributed by atoms with Crippen LogP contribution in [0.5, 0.6) is 0 Å². The van der Waals surface area contributed by atoms with E-state index in [9.17, 15) is 4.79 Å². The fourth-order valence-electron chi connectivity index (χ4n) is 2.39. The molecule has 1 aliphatic carbocycles. The standard InChI is InChI=1S/C15H17N3O2/c19-15(18-20-12-8-4-5-9-12)14-10-13(16-17-14)11-6-2-1-3-7-11/h1-3,6-7,10,12H,4-5,8-9H2,(H,16,17)(H,18,19). The molecule has 0 saturated heterocycles. The Balaban J connectivity index is 1.62. The lowest BCUT2D eigenvalue weighted by atomic mass is 10.1. The number of carbonyl (C=O) groups is 1. The number of hydrogen-bond donors (Lipinski definition) is 2. The molecule has 5 heteroatoms. The number of aromatic nitrogens is 2. The van der Waals surface area contributed by atoms with Crippen LogP contribution < -0.4 is 5.48 Å². The van der Waals surface area contributed by atoms with Gasteiger partial charge in [-0.1, -0.05) is 43.2 Å². The Bertz CT molecular complexity index is 574. The summed E-state index contributed by atoms with van der Waals surface area (Å²) in [6.45, 7) is 0. The quantitative estimate of drug-likeness (QED) is 0.840. The first-order valence-electron chi connectivity index (χ1n) is 6.90. The maximum atomic E-state index is 11.9. The molecule has 5 nitrogen and oxygen atoms in total. The molecule has 0 spiro atoms. The van der Waals surface area contributed by atoms with Gasteiger partial charge in [0.15, 0.2) is 0 Å². The van der Waals surface area contributed by atoms with Gasteiger partial charge in [0, 0.05) is 5.56 Å². The van der Waals surface area contributed by atoms with E-state index >= 15 is 0 Å². The molecule has 20 heavy (non-hydrogen) atoms. The van der Waals surface area contributed by atoms with Gasteiger partial charge in [-0.3, -0.25) is 14.7 Å². The van der Waals surface area contributed by atoms with E-state index in [-0.39, 0.29) is 12.0 Å². The zero-order chi connectivity index (χ0) is 13.8. The van der Waals surface area contributed by atoms with Crippen molar-refractivity contribution < 1.29 is 9.63 Å². The van der Waals surface area contributed by atoms with Crippen molar-refractivity contribution in [1.29, 1.82) is 0 Å². The number of benzene rings is 1. The van der Waals surface area contributed by atoms with Gasteiger partial charge in [0.1, 0.15) is 5.69 Å². The van der Waals surface area contributed by atoms with E-state index in [0.717, 1.165) is 24.1 Å². The number of nitrogens with zero attached hydrogens (tertiary/aromatic N) is 1. The number of aromatic amines is 1. The first-order chi connectivity index (χ1) is 9.83. The Morgan fingerprint density at radius 1 is 1.25 bits per heavy atom. The Morgan fingerprint density at radius 3 is 2.75 bits per heavy atom. The van der Waals surface area contributed by atoms with Crippen LogP contribution in [0.2, 0.25) is 0 Å². The second-order valence-electron chi connectivity index (χ2n) is 4.99. The summed E-state index contributed by atoms with van der Waals surface area (Å²) in [7, 11) is 0. The fourth-order valence-corrected chi connectivity index (χ4v) is 2.39. The monoisotopic (exact) mass is 271 g/mol. The van der Waals surface area contributed by atoms with Gasteiger partial charge in [0.05, 0.1) is 11.8 Å². The van der Waals surface area contributed by atoms with Crippen molar-refractivity contribution in [2.24, 2.45) is 0 Å². The Labute approximate surface area is 117 Å². The molecule has 2 aromatic rings. The summed E-state index contributed by atoms with van der Waals surface area (Å²) in [6.07, 6.45) is 4.51. The molecule has 1 aliphatic rings. The lowest BCUT2D eigenvalue weighted by Crippen LogP contribution is -2.28. The van der Waals surface area contributed by atoms with Crippen LogP contribution in [-0.4, -0.2) is 22.2 Å². The first kappa shape index (κ1) is 12.9. The Morgan fingerprint density at radius 2 is 2.00 bits per heavy atom. The summed E-state index contributed by atoms with van der Waals surface area (Å²) < 4.78 is 0. The second-order valence-corrected chi connectivity index (χ2v) is 4.99. The zero-order valence-corrected chi connectivity index (χ0v) is 11.1. The number of carbonyl (C=O) groups excluding carboxylic acids is 1. The topological polar surface area (TPSA) is 67.0 Å². The van der Waals surface area contributed by atoms with Crippen LogP contribution in [0, 0.1) is 0 Å². The number of hydroxylamine groups is 1. The van der Waals surface area contributed by atoms with Gasteiger partial charge in [0.25, 0.3) is 5.91 Å². The molecule has 3 rings (SSSR count). The summed E-state index contributed by atoms with van der Waals surface area (Å²) >= 11 is 0. The van der Waals surface area contributed by atoms with E-state index in [0.29, 0.717) is 5.69 Å². The fraction of sp³-hybridized carbons (Fsp3) is 0.333. The van der Waals surface area contributed by atoms with Crippen molar-refractivity contribution >= 4 is 5.91 Å². The summed E-state index contributed by atoms with van der Waals surface area (Å²) in [6, 6.07) is 11.4. The van der Waals surface area contributed by atoms with Crippen LogP contribution in [0.25, 0.3) is 11.3 Å². The molecule has 104 valence electrons. The minimum Gasteiger partial charge on any atom is -0.272 e. The largest absolute Gasteiger partial charge is 0.292 e. The zero-order valence-electron chi connectivity index (χ0n) is 11.1. The van der Waals surface area contributed by atoms with Crippen molar-refractivity contribution in [2.45, 2.75) is 31.8 Å². The van der Waals surface area contributed by atoms with E-state index in [4.69, 9.17) is 4.84 Å². The molecule has 0 unspecified atom stereocenters. The molecular weight excluding hydrogens is 254 g/mol. The average Bonchev–Trinajstić information content (AvgIpc) is 3.17. The molecule has 0 aliphatic heterocycles. The van der Waals surface area contributed by atoms with Crippen molar-refractivity contribution in [3.63, 3.8) is 0 Å². The van der Waals surface area contributed by atoms with E-state index in [1.165, 1.54) is 12.8 Å². The SMILES string of the molecule is O=C(NOC1CCCC1)c1cc(-c2ccccc2)n[nH]1. The third-order valence-corrected chi connectivity index (χ3v) is 3.51. The highest BCUT2D eigenvalue weighted by molar-refractivity contribution is 5.92. The van der Waals surface area contributed by atoms with E-state index in [1.54, 1.807) is 6.07 Å². The number of amides is 1. The number of hydrogen-bond acceptors (Lipinski definition) is 3. The van der Waals surface area contributed by atoms with Gasteiger partial charge < -0.3 is 0 Å². The van der Waals surface area contributed by atoms with Crippen LogP contribution in [0.4, 0.5) is 0 Å². The highest BCUT2D eigenvalue weighted by atomic mass is 16.7. The minimum absolute atomic E-state index is 0.149. The lowest BCUT2D eigenvalue weighted by molar-refractivity contribution is -0.0127. The van der Waals surface area contributed by atoms with Crippen molar-refractivity contribution in [2.75, 3.05) is 0 Å². The molecule has 0 bridgehead atoms. The van der Waals surface area contributed by atoms with E-state index in [1.807, 2.05) is 30.3 Å². The molecule has 1 saturated carbocycles. The first-order valence-corrected chi connectivity index (χ1v) is 6.90. The highest BCUT2D eigenvalue weighted by Crippen LogP contribution is 2.20. The number of H-pyrrole nitrogens is 1. The molecule has 2 N–H and O–H groups in total. The van der Waals surface area contributed by atoms with Gasteiger partial charge in [-0.15, -0.1) is 0 Å². The second kappa shape index (κ2) is 5.88. The normalized spacial score (nSPS) is 15.4. The third-order valence-electron chi connectivity index (χ3n) is 3.51. The van der Waals surface area contributed by atoms with Crippen LogP contribution in [0.15, 0.2) is 36.4 Å². The van der Waals surface area contributed by atoms with Gasteiger partial charge in [-0.05, 0) is 18.9 Å². The number of nitrogens with one attached hydrogen (secondary N) is 2. The third kappa shape index (κ3) is 2.88. The molecule has 1 fully saturated rings. The molecule has 0 radical (unpaired) electrons. The minimum atomic E-state index is -0.286. The van der Waals surface area contributed by atoms with E-state index in [2.05, 4.69) is 15.7 Å². The summed E-state index contributed by atoms with van der Waals surface area (Å²) in [5.74, 6) is -0.286. The van der Waals surface area contributed by atoms with Gasteiger partial charge in [-0.25, -0.2) is 5.48 Å². The van der Waals surface area contributed by atoms with Crippen LogP contribution in [-0.2, 0) is 4.84 Å². The van der Waals surface area contributed by atoms with Crippen LogP contribution >= 0.6 is 0 Å². The van der Waals surface area contributed by atoms with Gasteiger partial charge in [0.2, 0.25) is 0 Å². The lowest BCUT2D eigenvalue weighted by Gasteiger charge is -2.10. The molecule has 1 aromatic heterocycles. The Hall–Kier alpha value is -2.14. The Kier molecular flexibility index (Phi) is 3.78. The molecule has 1 heterocycles. The summed E-state index contributed by atoms with van der Waals surface area (Å²) in [4.78, 5) is 17.3. The molecule has 1 amide bonds. The van der Waals surface area contributed by atoms with E-state index < -0.39 is 0 Å². The van der Waals surface area contributed by atoms with Gasteiger partial charge in [-0.2, -0.15) is 5.10 Å². The summed E-state index contributed by atoms with van der Waals surface area (Å²) in [5, 5.41) is 6.88. The van der Waals surface area contributed by atoms with Crippen LogP contribution in [0.3, 0.4) is 0 Å². The smallest absolute Gasteiger partial charge is 0.272 e. The maximum Gasteiger partial charge on any atom is 0.292 e. The summed E-state index contributed by atoms with van der Waals surface area (Å²) in [5.41, 5.74) is 4.62. The van der Waals surface area contributed by atoms with Crippen molar-refractivity contribution in [3.8, 4) is 11.3 Å². The predicted molar refractivity (Wildman–Crippen MR) is 74.8 cm³/mol. The maximum absolute atomic E-state index is 11.9. The van der Waals surface area contributed by atoms with Crippen LogP contribution in [0.1, 0.15) is 36.2 Å². The molecule has 0 atom stereocenters. The predicted octanol–water partition coefficient (Wildman–Crippen LogP) is 2.68. The average molecular weight is 271 g/mol. The van der Waals surface area contributed by atoms with Crippen molar-refractivity contribution in [1.82, 2.24) is 15.7 Å².